The molecule has 0 N–H and O–H groups in total. The third kappa shape index (κ3) is 3.57. The van der Waals surface area contributed by atoms with E-state index in [4.69, 9.17) is 0 Å². The van der Waals surface area contributed by atoms with Crippen molar-refractivity contribution in [1.82, 2.24) is 4.40 Å². The number of benzene rings is 6. The molecule has 5 heteroatoms. The Bertz CT molecular complexity index is 2730. The Morgan fingerprint density at radius 2 is 1.02 bits per heavy atom. The maximum atomic E-state index is 10.3. The highest BCUT2D eigenvalue weighted by Crippen LogP contribution is 2.45. The van der Waals surface area contributed by atoms with Crippen molar-refractivity contribution in [3.63, 3.8) is 0 Å². The molecule has 0 spiro atoms. The fourth-order valence-electron chi connectivity index (χ4n) is 6.80. The van der Waals surface area contributed by atoms with Gasteiger partial charge in [-0.1, -0.05) is 97.1 Å². The second kappa shape index (κ2) is 9.83. The zero-order valence-electron chi connectivity index (χ0n) is 23.7. The molecule has 0 bridgehead atoms. The summed E-state index contributed by atoms with van der Waals surface area (Å²) in [5.74, 6) is 0. The monoisotopic (exact) mass is 569 g/mol. The molecule has 0 aliphatic carbocycles. The second-order valence-electron chi connectivity index (χ2n) is 10.9. The van der Waals surface area contributed by atoms with Gasteiger partial charge in [0.15, 0.2) is 0 Å². The van der Waals surface area contributed by atoms with Crippen molar-refractivity contribution in [3.8, 4) is 46.7 Å². The number of hydrogen-bond donors (Lipinski definition) is 0. The Morgan fingerprint density at radius 1 is 0.444 bits per heavy atom. The van der Waals surface area contributed by atoms with Crippen molar-refractivity contribution >= 4 is 48.7 Å². The van der Waals surface area contributed by atoms with Crippen LogP contribution in [0.2, 0.25) is 0 Å². The van der Waals surface area contributed by atoms with Gasteiger partial charge in [-0.15, -0.1) is 0 Å². The molecule has 0 atom stereocenters. The Labute approximate surface area is 257 Å². The molecule has 0 saturated heterocycles. The van der Waals surface area contributed by atoms with Crippen LogP contribution in [0.25, 0.3) is 71.1 Å². The maximum absolute atomic E-state index is 10.3. The van der Waals surface area contributed by atoms with Crippen LogP contribution < -0.4 is 0 Å². The summed E-state index contributed by atoms with van der Waals surface area (Å²) in [5.41, 5.74) is 6.01. The van der Waals surface area contributed by atoms with E-state index in [0.717, 1.165) is 60.3 Å². The van der Waals surface area contributed by atoms with E-state index in [1.165, 1.54) is 0 Å². The summed E-state index contributed by atoms with van der Waals surface area (Å²) in [6, 6.07) is 47.5. The number of nitrogens with zero attached hydrogens (tertiary/aromatic N) is 5. The number of rotatable bonds is 2. The number of fused-ring (bicyclic) bond motifs is 9. The molecule has 0 aliphatic rings. The van der Waals surface area contributed by atoms with Gasteiger partial charge in [0.1, 0.15) is 24.3 Å². The lowest BCUT2D eigenvalue weighted by Crippen LogP contribution is -2.00. The quantitative estimate of drug-likeness (QED) is 0.153. The first-order chi connectivity index (χ1) is 22.2. The predicted octanol–water partition coefficient (Wildman–Crippen LogP) is 9.37. The molecule has 2 heterocycles. The molecule has 204 valence electrons. The maximum Gasteiger partial charge on any atom is 0.102 e. The highest BCUT2D eigenvalue weighted by Gasteiger charge is 2.24. The topological polar surface area (TPSA) is 99.6 Å². The number of nitriles is 4. The molecular formula is C40H19N5. The van der Waals surface area contributed by atoms with Crippen LogP contribution in [0.4, 0.5) is 0 Å². The SMILES string of the molecule is N#Cc1c(C#N)c(C#N)c2cc3c(cc2c1C#N)c1ccc2ccccc2c1c1c(-c2ccccc2)cc(-c2ccccc2)n31. The zero-order chi connectivity index (χ0) is 30.7. The second-order valence-corrected chi connectivity index (χ2v) is 10.9. The third-order valence-electron chi connectivity index (χ3n) is 8.72. The number of pyridine rings is 1. The highest BCUT2D eigenvalue weighted by molar-refractivity contribution is 6.27. The lowest BCUT2D eigenvalue weighted by atomic mass is 9.88. The summed E-state index contributed by atoms with van der Waals surface area (Å²) < 4.78 is 2.25. The zero-order valence-corrected chi connectivity index (χ0v) is 23.7. The molecule has 45 heavy (non-hydrogen) atoms. The summed E-state index contributed by atoms with van der Waals surface area (Å²) in [6.45, 7) is 0. The van der Waals surface area contributed by atoms with Crippen molar-refractivity contribution in [2.24, 2.45) is 0 Å². The Morgan fingerprint density at radius 3 is 1.67 bits per heavy atom. The van der Waals surface area contributed by atoms with Crippen LogP contribution >= 0.6 is 0 Å². The molecule has 6 aromatic carbocycles. The van der Waals surface area contributed by atoms with Gasteiger partial charge in [0.25, 0.3) is 0 Å². The van der Waals surface area contributed by atoms with E-state index < -0.39 is 0 Å². The van der Waals surface area contributed by atoms with E-state index in [9.17, 15) is 21.0 Å². The van der Waals surface area contributed by atoms with Crippen molar-refractivity contribution in [2.45, 2.75) is 0 Å². The molecule has 8 aromatic rings. The largest absolute Gasteiger partial charge is 0.308 e. The minimum absolute atomic E-state index is 0.0727. The van der Waals surface area contributed by atoms with E-state index in [2.05, 4.69) is 71.1 Å². The van der Waals surface area contributed by atoms with Gasteiger partial charge in [0, 0.05) is 27.1 Å². The van der Waals surface area contributed by atoms with E-state index in [1.807, 2.05) is 72.8 Å². The molecule has 5 nitrogen and oxygen atoms in total. The van der Waals surface area contributed by atoms with E-state index in [-0.39, 0.29) is 22.3 Å². The molecule has 0 aliphatic heterocycles. The van der Waals surface area contributed by atoms with Crippen molar-refractivity contribution in [2.75, 3.05) is 0 Å². The summed E-state index contributed by atoms with van der Waals surface area (Å²) >= 11 is 0. The first kappa shape index (κ1) is 25.8. The van der Waals surface area contributed by atoms with Gasteiger partial charge in [0.05, 0.1) is 39.0 Å². The van der Waals surface area contributed by atoms with Crippen molar-refractivity contribution < 1.29 is 0 Å². The van der Waals surface area contributed by atoms with E-state index >= 15 is 0 Å². The first-order valence-electron chi connectivity index (χ1n) is 14.4. The van der Waals surface area contributed by atoms with E-state index in [1.54, 1.807) is 0 Å². The average Bonchev–Trinajstić information content (AvgIpc) is 3.51. The lowest BCUT2D eigenvalue weighted by molar-refractivity contribution is 1.29. The van der Waals surface area contributed by atoms with Crippen LogP contribution in [0.1, 0.15) is 22.3 Å². The summed E-state index contributed by atoms with van der Waals surface area (Å²) in [6.07, 6.45) is 0. The normalized spacial score (nSPS) is 11.0. The highest BCUT2D eigenvalue weighted by atomic mass is 14.9. The Balaban J connectivity index is 1.74. The van der Waals surface area contributed by atoms with Crippen LogP contribution in [0.5, 0.6) is 0 Å². The molecule has 8 rings (SSSR count). The lowest BCUT2D eigenvalue weighted by Gasteiger charge is -2.17. The smallest absolute Gasteiger partial charge is 0.102 e. The fourth-order valence-corrected chi connectivity index (χ4v) is 6.80. The predicted molar refractivity (Wildman–Crippen MR) is 177 cm³/mol. The first-order valence-corrected chi connectivity index (χ1v) is 14.4. The molecule has 0 fully saturated rings. The van der Waals surface area contributed by atoms with Crippen LogP contribution in [-0.4, -0.2) is 4.40 Å². The fraction of sp³-hybridized carbons (Fsp3) is 0. The Kier molecular flexibility index (Phi) is 5.63. The molecule has 0 amide bonds. The molecule has 2 aromatic heterocycles. The molecular weight excluding hydrogens is 550 g/mol. The van der Waals surface area contributed by atoms with Crippen molar-refractivity contribution in [3.05, 3.63) is 138 Å². The third-order valence-corrected chi connectivity index (χ3v) is 8.72. The van der Waals surface area contributed by atoms with Gasteiger partial charge < -0.3 is 4.40 Å². The minimum Gasteiger partial charge on any atom is -0.308 e. The Hall–Kier alpha value is -6.92. The number of aromatic nitrogens is 1. The molecule has 0 unspecified atom stereocenters. The van der Waals surface area contributed by atoms with Crippen LogP contribution in [-0.2, 0) is 0 Å². The van der Waals surface area contributed by atoms with Gasteiger partial charge >= 0.3 is 0 Å². The van der Waals surface area contributed by atoms with Gasteiger partial charge in [-0.25, -0.2) is 0 Å². The van der Waals surface area contributed by atoms with Crippen LogP contribution in [0.3, 0.4) is 0 Å². The number of hydrogen-bond acceptors (Lipinski definition) is 4. The molecule has 0 saturated carbocycles. The van der Waals surface area contributed by atoms with Crippen LogP contribution in [0.15, 0.2) is 115 Å². The van der Waals surface area contributed by atoms with Gasteiger partial charge in [-0.3, -0.25) is 0 Å². The minimum atomic E-state index is -0.0767. The van der Waals surface area contributed by atoms with Crippen LogP contribution in [0, 0.1) is 45.3 Å². The van der Waals surface area contributed by atoms with Crippen molar-refractivity contribution in [1.29, 1.82) is 21.0 Å². The summed E-state index contributed by atoms with van der Waals surface area (Å²) in [7, 11) is 0. The van der Waals surface area contributed by atoms with Gasteiger partial charge in [0.2, 0.25) is 0 Å². The average molecular weight is 570 g/mol. The standard InChI is InChI=1S/C40H19N5/c41-20-33-30-17-32-28-16-15-25-11-7-8-14-27(25)39(28)40-29(24-9-3-1-4-10-24)18-37(26-12-5-2-6-13-26)45(40)38(32)19-31(30)34(21-42)36(23-44)35(33)22-43/h1-19H. The molecule has 0 radical (unpaired) electrons. The van der Waals surface area contributed by atoms with Gasteiger partial charge in [-0.2, -0.15) is 21.0 Å². The summed E-state index contributed by atoms with van der Waals surface area (Å²) in [4.78, 5) is 0. The summed E-state index contributed by atoms with van der Waals surface area (Å²) in [5, 5.41) is 46.6. The van der Waals surface area contributed by atoms with Gasteiger partial charge in [-0.05, 0) is 45.5 Å². The van der Waals surface area contributed by atoms with E-state index in [0.29, 0.717) is 10.8 Å².